The Morgan fingerprint density at radius 1 is 0.812 bits per heavy atom. The van der Waals surface area contributed by atoms with Crippen LogP contribution in [0.2, 0.25) is 10.0 Å². The van der Waals surface area contributed by atoms with Gasteiger partial charge in [0.25, 0.3) is 0 Å². The first-order valence-corrected chi connectivity index (χ1v) is 10.8. The zero-order chi connectivity index (χ0) is 21.9. The predicted molar refractivity (Wildman–Crippen MR) is 125 cm³/mol. The third kappa shape index (κ3) is 4.47. The molecule has 32 heavy (non-hydrogen) atoms. The van der Waals surface area contributed by atoms with Crippen LogP contribution < -0.4 is 4.90 Å². The average Bonchev–Trinajstić information content (AvgIpc) is 3.49. The van der Waals surface area contributed by atoms with Crippen molar-refractivity contribution in [2.45, 2.75) is 19.6 Å². The van der Waals surface area contributed by atoms with Gasteiger partial charge >= 0.3 is 0 Å². The van der Waals surface area contributed by atoms with Gasteiger partial charge in [0.1, 0.15) is 12.1 Å². The van der Waals surface area contributed by atoms with Gasteiger partial charge in [0.15, 0.2) is 17.3 Å². The van der Waals surface area contributed by atoms with Gasteiger partial charge < -0.3 is 13.9 Å². The van der Waals surface area contributed by atoms with Crippen LogP contribution in [0.4, 0.5) is 5.82 Å². The smallest absolute Gasteiger partial charge is 0.165 e. The van der Waals surface area contributed by atoms with Gasteiger partial charge in [-0.1, -0.05) is 47.5 Å². The van der Waals surface area contributed by atoms with Crippen molar-refractivity contribution in [3.05, 3.63) is 107 Å². The molecular weight excluding hydrogens is 445 g/mol. The average molecular weight is 464 g/mol. The number of hydrogen-bond acceptors (Lipinski definition) is 5. The highest BCUT2D eigenvalue weighted by molar-refractivity contribution is 6.30. The summed E-state index contributed by atoms with van der Waals surface area (Å²) in [5, 5.41) is 1.41. The lowest BCUT2D eigenvalue weighted by molar-refractivity contribution is 0.500. The molecule has 8 heteroatoms. The Balaban J connectivity index is 1.49. The summed E-state index contributed by atoms with van der Waals surface area (Å²) in [6.07, 6.45) is 5.05. The van der Waals surface area contributed by atoms with Gasteiger partial charge in [-0.25, -0.2) is 15.0 Å². The number of furan rings is 1. The van der Waals surface area contributed by atoms with Crippen LogP contribution in [0, 0.1) is 0 Å². The van der Waals surface area contributed by atoms with Crippen LogP contribution in [-0.4, -0.2) is 19.5 Å². The number of imidazole rings is 1. The first-order chi connectivity index (χ1) is 15.7. The second-order valence-electron chi connectivity index (χ2n) is 7.43. The van der Waals surface area contributed by atoms with Gasteiger partial charge in [0, 0.05) is 16.6 Å². The summed E-state index contributed by atoms with van der Waals surface area (Å²) in [5.74, 6) is 2.35. The molecule has 0 N–H and O–H groups in total. The topological polar surface area (TPSA) is 60.0 Å². The first kappa shape index (κ1) is 20.5. The lowest BCUT2D eigenvalue weighted by Gasteiger charge is -2.25. The maximum Gasteiger partial charge on any atom is 0.165 e. The van der Waals surface area contributed by atoms with E-state index >= 15 is 0 Å². The molecule has 6 nitrogen and oxygen atoms in total. The number of aromatic nitrogens is 4. The molecule has 0 fully saturated rings. The van der Waals surface area contributed by atoms with Gasteiger partial charge in [-0.2, -0.15) is 0 Å². The van der Waals surface area contributed by atoms with E-state index in [1.165, 1.54) is 0 Å². The molecular formula is C24H19Cl2N5O. The molecule has 0 saturated heterocycles. The second-order valence-corrected chi connectivity index (χ2v) is 8.30. The van der Waals surface area contributed by atoms with Gasteiger partial charge in [-0.05, 0) is 47.5 Å². The Kier molecular flexibility index (Phi) is 5.79. The minimum atomic E-state index is 0.547. The molecule has 0 aliphatic carbocycles. The van der Waals surface area contributed by atoms with Crippen molar-refractivity contribution in [3.8, 4) is 11.5 Å². The van der Waals surface area contributed by atoms with Gasteiger partial charge in [-0.3, -0.25) is 0 Å². The van der Waals surface area contributed by atoms with Crippen LogP contribution in [0.25, 0.3) is 11.5 Å². The Morgan fingerprint density at radius 2 is 1.53 bits per heavy atom. The van der Waals surface area contributed by atoms with E-state index in [2.05, 4.69) is 14.9 Å². The zero-order valence-electron chi connectivity index (χ0n) is 17.0. The number of hydrogen-bond donors (Lipinski definition) is 0. The minimum Gasteiger partial charge on any atom is -0.467 e. The standard InChI is InChI=1S/C24H19Cl2N5O/c25-19-7-3-17(4-8-19)12-30(14-21-2-1-11-32-21)24-22-23(28-15-27-22)31(16-29-24)13-18-5-9-20(26)10-6-18/h1-11,15-16H,12-14H2. The monoisotopic (exact) mass is 463 g/mol. The van der Waals surface area contributed by atoms with E-state index in [9.17, 15) is 0 Å². The van der Waals surface area contributed by atoms with Crippen molar-refractivity contribution >= 4 is 29.0 Å². The molecule has 2 aromatic carbocycles. The van der Waals surface area contributed by atoms with Crippen LogP contribution in [0.15, 0.2) is 84.0 Å². The number of nitrogens with zero attached hydrogens (tertiary/aromatic N) is 5. The molecule has 0 bridgehead atoms. The lowest BCUT2D eigenvalue weighted by Crippen LogP contribution is -2.25. The molecule has 5 rings (SSSR count). The summed E-state index contributed by atoms with van der Waals surface area (Å²) in [6.45, 7) is 1.79. The maximum absolute atomic E-state index is 6.07. The van der Waals surface area contributed by atoms with Crippen molar-refractivity contribution < 1.29 is 4.42 Å². The zero-order valence-corrected chi connectivity index (χ0v) is 18.5. The Hall–Kier alpha value is -3.35. The van der Waals surface area contributed by atoms with Crippen molar-refractivity contribution in [3.63, 3.8) is 0 Å². The van der Waals surface area contributed by atoms with Gasteiger partial charge in [-0.15, -0.1) is 0 Å². The molecule has 3 heterocycles. The molecule has 160 valence electrons. The fourth-order valence-electron chi connectivity index (χ4n) is 3.61. The van der Waals surface area contributed by atoms with Crippen LogP contribution in [0.5, 0.6) is 0 Å². The van der Waals surface area contributed by atoms with Gasteiger partial charge in [0.2, 0.25) is 0 Å². The van der Waals surface area contributed by atoms with E-state index in [1.54, 1.807) is 18.9 Å². The van der Waals surface area contributed by atoms with Crippen LogP contribution >= 0.6 is 23.2 Å². The van der Waals surface area contributed by atoms with Crippen molar-refractivity contribution in [1.29, 1.82) is 0 Å². The lowest BCUT2D eigenvalue weighted by atomic mass is 10.2. The Morgan fingerprint density at radius 3 is 2.22 bits per heavy atom. The quantitative estimate of drug-likeness (QED) is 0.299. The molecule has 2 aliphatic heterocycles. The summed E-state index contributed by atoms with van der Waals surface area (Å²) in [4.78, 5) is 16.0. The van der Waals surface area contributed by atoms with E-state index < -0.39 is 0 Å². The number of rotatable bonds is 7. The van der Waals surface area contributed by atoms with Crippen molar-refractivity contribution in [1.82, 2.24) is 19.5 Å². The third-order valence-corrected chi connectivity index (χ3v) is 5.67. The fourth-order valence-corrected chi connectivity index (χ4v) is 3.86. The number of anilines is 1. The van der Waals surface area contributed by atoms with Gasteiger partial charge in [0.05, 0.1) is 25.7 Å². The maximum atomic E-state index is 6.07. The van der Waals surface area contributed by atoms with Crippen LogP contribution in [0.1, 0.15) is 16.9 Å². The molecule has 1 aromatic heterocycles. The van der Waals surface area contributed by atoms with E-state index in [-0.39, 0.29) is 0 Å². The van der Waals surface area contributed by atoms with Crippen LogP contribution in [-0.2, 0) is 19.6 Å². The SMILES string of the molecule is Clc1ccc(CN(Cc2ccco2)c2ncn(Cc3ccc(Cl)cc3)c3ncnc2-3)cc1. The molecule has 3 aromatic rings. The summed E-state index contributed by atoms with van der Waals surface area (Å²) in [6, 6.07) is 19.4. The largest absolute Gasteiger partial charge is 0.467 e. The molecule has 0 unspecified atom stereocenters. The van der Waals surface area contributed by atoms with E-state index in [0.717, 1.165) is 34.2 Å². The Labute approximate surface area is 195 Å². The summed E-state index contributed by atoms with van der Waals surface area (Å²) in [7, 11) is 0. The number of halogens is 2. The highest BCUT2D eigenvalue weighted by atomic mass is 35.5. The molecule has 0 saturated carbocycles. The molecule has 0 atom stereocenters. The van der Waals surface area contributed by atoms with Crippen LogP contribution in [0.3, 0.4) is 0 Å². The third-order valence-electron chi connectivity index (χ3n) is 5.16. The van der Waals surface area contributed by atoms with E-state index in [4.69, 9.17) is 32.6 Å². The molecule has 0 radical (unpaired) electrons. The van der Waals surface area contributed by atoms with E-state index in [1.807, 2.05) is 65.2 Å². The highest BCUT2D eigenvalue weighted by Gasteiger charge is 2.22. The molecule has 0 amide bonds. The Bertz CT molecular complexity index is 1270. The summed E-state index contributed by atoms with van der Waals surface area (Å²) >= 11 is 12.1. The second kappa shape index (κ2) is 9.02. The summed E-state index contributed by atoms with van der Waals surface area (Å²) < 4.78 is 7.59. The predicted octanol–water partition coefficient (Wildman–Crippen LogP) is 5.93. The molecule has 2 aliphatic rings. The fraction of sp³-hybridized carbons (Fsp3) is 0.125. The molecule has 0 spiro atoms. The normalized spacial score (nSPS) is 11.2. The summed E-state index contributed by atoms with van der Waals surface area (Å²) in [5.41, 5.74) is 2.95. The highest BCUT2D eigenvalue weighted by Crippen LogP contribution is 2.30. The minimum absolute atomic E-state index is 0.547. The van der Waals surface area contributed by atoms with Crippen molar-refractivity contribution in [2.75, 3.05) is 4.90 Å². The first-order valence-electron chi connectivity index (χ1n) is 10.1. The number of fused-ring (bicyclic) bond motifs is 1. The van der Waals surface area contributed by atoms with E-state index in [0.29, 0.717) is 29.7 Å². The van der Waals surface area contributed by atoms with Crippen molar-refractivity contribution in [2.24, 2.45) is 0 Å². The number of benzene rings is 2.